The number of nitrogens with zero attached hydrogens (tertiary/aromatic N) is 3. The SMILES string of the molecule is [C-]#[N+]c1ccc2sc3c(-c4cccc(-c5cccc(-c6nc(-c7cccc(-c8ccccc8)c7)c7c(n6)-c6ccccc6[Si]7(C)C)c5)c4)cccc3c2c1. The largest absolute Gasteiger partial charge is 0.238 e. The molecule has 54 heavy (non-hydrogen) atoms. The van der Waals surface area contributed by atoms with Crippen LogP contribution in [0.1, 0.15) is 0 Å². The van der Waals surface area contributed by atoms with Crippen molar-refractivity contribution in [3.63, 3.8) is 0 Å². The average Bonchev–Trinajstić information content (AvgIpc) is 3.72. The van der Waals surface area contributed by atoms with E-state index in [1.165, 1.54) is 53.0 Å². The molecule has 7 aromatic carbocycles. The van der Waals surface area contributed by atoms with E-state index in [2.05, 4.69) is 170 Å². The molecule has 0 radical (unpaired) electrons. The number of benzene rings is 7. The summed E-state index contributed by atoms with van der Waals surface area (Å²) in [4.78, 5) is 14.6. The highest BCUT2D eigenvalue weighted by Gasteiger charge is 2.41. The van der Waals surface area contributed by atoms with Crippen LogP contribution in [0.2, 0.25) is 13.1 Å². The number of fused-ring (bicyclic) bond motifs is 6. The normalized spacial score (nSPS) is 12.8. The molecule has 3 nitrogen and oxygen atoms in total. The summed E-state index contributed by atoms with van der Waals surface area (Å²) in [6, 6.07) is 58.2. The number of hydrogen-bond donors (Lipinski definition) is 0. The van der Waals surface area contributed by atoms with Gasteiger partial charge in [-0.2, -0.15) is 0 Å². The Morgan fingerprint density at radius 2 is 1.09 bits per heavy atom. The van der Waals surface area contributed by atoms with E-state index in [0.29, 0.717) is 5.69 Å². The molecule has 0 amide bonds. The lowest BCUT2D eigenvalue weighted by Gasteiger charge is -2.22. The van der Waals surface area contributed by atoms with Crippen molar-refractivity contribution in [2.75, 3.05) is 0 Å². The molecule has 0 N–H and O–H groups in total. The maximum absolute atomic E-state index is 7.52. The Labute approximate surface area is 319 Å². The lowest BCUT2D eigenvalue weighted by atomic mass is 9.97. The molecule has 3 heterocycles. The van der Waals surface area contributed by atoms with Gasteiger partial charge in [0, 0.05) is 20.5 Å². The second-order valence-corrected chi connectivity index (χ2v) is 19.8. The standard InChI is InChI=1S/C49H33N3SSi/c1-50-38-25-26-43-42(30-38)40-23-12-22-39(47(40)53-43)35-18-9-16-33(27-35)34-17-11-20-37(29-34)49-51-45(36-19-10-15-32(28-36)31-13-5-4-6-14-31)48-46(52-49)41-21-7-8-24-44(41)54(48,2)3/h4-30H,2-3H3. The Hall–Kier alpha value is -6.45. The summed E-state index contributed by atoms with van der Waals surface area (Å²) in [5.74, 6) is 0.738. The van der Waals surface area contributed by atoms with Crippen molar-refractivity contribution in [2.45, 2.75) is 13.1 Å². The first-order valence-electron chi connectivity index (χ1n) is 18.2. The van der Waals surface area contributed by atoms with E-state index >= 15 is 0 Å². The summed E-state index contributed by atoms with van der Waals surface area (Å²) >= 11 is 1.79. The van der Waals surface area contributed by atoms with Gasteiger partial charge in [-0.1, -0.05) is 153 Å². The van der Waals surface area contributed by atoms with Gasteiger partial charge in [-0.3, -0.25) is 0 Å². The molecular weight excluding hydrogens is 691 g/mol. The number of aromatic nitrogens is 2. The summed E-state index contributed by atoms with van der Waals surface area (Å²) in [5.41, 5.74) is 13.1. The molecule has 0 aliphatic carbocycles. The smallest absolute Gasteiger partial charge is 0.187 e. The number of rotatable bonds is 5. The predicted molar refractivity (Wildman–Crippen MR) is 231 cm³/mol. The fourth-order valence-corrected chi connectivity index (χ4v) is 12.7. The first-order valence-corrected chi connectivity index (χ1v) is 22.0. The Morgan fingerprint density at radius 1 is 0.500 bits per heavy atom. The topological polar surface area (TPSA) is 30.1 Å². The highest BCUT2D eigenvalue weighted by Crippen LogP contribution is 2.42. The van der Waals surface area contributed by atoms with Crippen LogP contribution >= 0.6 is 11.3 Å². The lowest BCUT2D eigenvalue weighted by molar-refractivity contribution is 1.20. The zero-order valence-corrected chi connectivity index (χ0v) is 31.7. The van der Waals surface area contributed by atoms with Gasteiger partial charge >= 0.3 is 0 Å². The summed E-state index contributed by atoms with van der Waals surface area (Å²) in [6.45, 7) is 12.4. The fraction of sp³-hybridized carbons (Fsp3) is 0.0408. The molecule has 10 rings (SSSR count). The maximum atomic E-state index is 7.52. The van der Waals surface area contributed by atoms with Crippen molar-refractivity contribution < 1.29 is 0 Å². The van der Waals surface area contributed by atoms with Gasteiger partial charge in [0.2, 0.25) is 0 Å². The summed E-state index contributed by atoms with van der Waals surface area (Å²) in [5, 5.41) is 5.06. The summed E-state index contributed by atoms with van der Waals surface area (Å²) < 4.78 is 2.44. The molecule has 0 spiro atoms. The van der Waals surface area contributed by atoms with Crippen LogP contribution < -0.4 is 10.4 Å². The molecule has 0 unspecified atom stereocenters. The van der Waals surface area contributed by atoms with Crippen LogP contribution in [0.15, 0.2) is 164 Å². The highest BCUT2D eigenvalue weighted by molar-refractivity contribution is 7.26. The van der Waals surface area contributed by atoms with Crippen LogP contribution in [0, 0.1) is 6.57 Å². The Morgan fingerprint density at radius 3 is 1.89 bits per heavy atom. The zero-order chi connectivity index (χ0) is 36.4. The van der Waals surface area contributed by atoms with Gasteiger partial charge in [0.15, 0.2) is 11.5 Å². The first-order chi connectivity index (χ1) is 26.5. The second-order valence-electron chi connectivity index (χ2n) is 14.5. The number of hydrogen-bond acceptors (Lipinski definition) is 3. The van der Waals surface area contributed by atoms with Crippen LogP contribution in [0.5, 0.6) is 0 Å². The molecule has 1 aliphatic heterocycles. The van der Waals surface area contributed by atoms with Gasteiger partial charge in [-0.15, -0.1) is 11.3 Å². The molecule has 0 saturated carbocycles. The molecule has 254 valence electrons. The number of thiophene rings is 1. The van der Waals surface area contributed by atoms with E-state index < -0.39 is 8.07 Å². The van der Waals surface area contributed by atoms with E-state index in [4.69, 9.17) is 16.5 Å². The fourth-order valence-electron chi connectivity index (χ4n) is 8.22. The maximum Gasteiger partial charge on any atom is 0.187 e. The second kappa shape index (κ2) is 12.6. The van der Waals surface area contributed by atoms with E-state index in [-0.39, 0.29) is 0 Å². The van der Waals surface area contributed by atoms with Crippen molar-refractivity contribution in [1.29, 1.82) is 0 Å². The molecule has 9 aromatic rings. The monoisotopic (exact) mass is 723 g/mol. The predicted octanol–water partition coefficient (Wildman–Crippen LogP) is 12.5. The van der Waals surface area contributed by atoms with Crippen molar-refractivity contribution in [2.24, 2.45) is 0 Å². The molecular formula is C49H33N3SSi. The Bertz CT molecular complexity index is 2990. The van der Waals surface area contributed by atoms with Crippen molar-refractivity contribution in [1.82, 2.24) is 9.97 Å². The van der Waals surface area contributed by atoms with Gasteiger partial charge in [-0.25, -0.2) is 14.8 Å². The lowest BCUT2D eigenvalue weighted by Crippen LogP contribution is -2.50. The molecule has 1 aliphatic rings. The van der Waals surface area contributed by atoms with Crippen LogP contribution in [-0.2, 0) is 0 Å². The van der Waals surface area contributed by atoms with E-state index in [1.807, 2.05) is 12.1 Å². The third-order valence-electron chi connectivity index (χ3n) is 10.9. The first kappa shape index (κ1) is 32.2. The minimum Gasteiger partial charge on any atom is -0.238 e. The Balaban J connectivity index is 1.10. The Kier molecular flexibility index (Phi) is 7.52. The van der Waals surface area contributed by atoms with E-state index in [9.17, 15) is 0 Å². The van der Waals surface area contributed by atoms with Gasteiger partial charge < -0.3 is 0 Å². The third kappa shape index (κ3) is 5.22. The van der Waals surface area contributed by atoms with Crippen LogP contribution in [0.3, 0.4) is 0 Å². The molecule has 2 aromatic heterocycles. The zero-order valence-electron chi connectivity index (χ0n) is 29.8. The molecule has 5 heteroatoms. The highest BCUT2D eigenvalue weighted by atomic mass is 32.1. The van der Waals surface area contributed by atoms with Crippen LogP contribution in [0.4, 0.5) is 5.69 Å². The average molecular weight is 724 g/mol. The van der Waals surface area contributed by atoms with Crippen molar-refractivity contribution in [3.05, 3.63) is 175 Å². The quantitative estimate of drug-likeness (QED) is 0.131. The van der Waals surface area contributed by atoms with Gasteiger partial charge in [0.05, 0.1) is 18.0 Å². The molecule has 0 fully saturated rings. The minimum atomic E-state index is -2.10. The summed E-state index contributed by atoms with van der Waals surface area (Å²) in [7, 11) is -2.10. The van der Waals surface area contributed by atoms with Gasteiger partial charge in [-0.05, 0) is 84.4 Å². The van der Waals surface area contributed by atoms with E-state index in [0.717, 1.165) is 44.9 Å². The van der Waals surface area contributed by atoms with Crippen molar-refractivity contribution >= 4 is 55.6 Å². The molecule has 0 atom stereocenters. The molecule has 0 saturated heterocycles. The van der Waals surface area contributed by atoms with Crippen LogP contribution in [-0.4, -0.2) is 18.0 Å². The summed E-state index contributed by atoms with van der Waals surface area (Å²) in [6.07, 6.45) is 0. The third-order valence-corrected chi connectivity index (χ3v) is 15.6. The van der Waals surface area contributed by atoms with E-state index in [1.54, 1.807) is 11.3 Å². The van der Waals surface area contributed by atoms with Crippen molar-refractivity contribution in [3.8, 4) is 67.3 Å². The minimum absolute atomic E-state index is 0.671. The molecule has 0 bridgehead atoms. The van der Waals surface area contributed by atoms with Gasteiger partial charge in [0.25, 0.3) is 0 Å². The van der Waals surface area contributed by atoms with Gasteiger partial charge in [0.1, 0.15) is 8.07 Å². The van der Waals surface area contributed by atoms with Crippen LogP contribution in [0.25, 0.3) is 92.3 Å².